The Bertz CT molecular complexity index is 1010. The minimum Gasteiger partial charge on any atom is -0.497 e. The molecule has 0 saturated carbocycles. The maximum absolute atomic E-state index is 13.1. The first-order valence-electron chi connectivity index (χ1n) is 9.50. The highest BCUT2D eigenvalue weighted by atomic mass is 16.5. The van der Waals surface area contributed by atoms with Gasteiger partial charge in [-0.2, -0.15) is 0 Å². The zero-order valence-corrected chi connectivity index (χ0v) is 16.4. The van der Waals surface area contributed by atoms with E-state index in [0.717, 1.165) is 23.4 Å². The normalized spacial score (nSPS) is 16.4. The predicted octanol–water partition coefficient (Wildman–Crippen LogP) is 3.39. The summed E-state index contributed by atoms with van der Waals surface area (Å²) in [5.74, 6) is 1.00. The molecule has 0 bridgehead atoms. The fourth-order valence-electron chi connectivity index (χ4n) is 3.77. The van der Waals surface area contributed by atoms with Crippen molar-refractivity contribution in [3.63, 3.8) is 0 Å². The molecule has 6 nitrogen and oxygen atoms in total. The Kier molecular flexibility index (Phi) is 4.86. The summed E-state index contributed by atoms with van der Waals surface area (Å²) in [4.78, 5) is 14.9. The van der Waals surface area contributed by atoms with Crippen LogP contribution in [-0.4, -0.2) is 46.0 Å². The van der Waals surface area contributed by atoms with Gasteiger partial charge < -0.3 is 9.64 Å². The standard InChI is InChI=1S/C22H24N4O2/c1-15-5-4-6-18(11-15)26-14-21(23-24-26)22(27)25-10-9-17-7-8-19(28-3)12-20(17)16(2)13-25/h4-8,11-12,14,16H,9-10,13H2,1-3H3. The molecule has 144 valence electrons. The number of nitrogens with zero attached hydrogens (tertiary/aromatic N) is 4. The van der Waals surface area contributed by atoms with Gasteiger partial charge in [-0.25, -0.2) is 4.68 Å². The van der Waals surface area contributed by atoms with Crippen LogP contribution in [0.2, 0.25) is 0 Å². The van der Waals surface area contributed by atoms with E-state index < -0.39 is 0 Å². The molecule has 1 aromatic heterocycles. The second-order valence-corrected chi connectivity index (χ2v) is 7.35. The molecule has 2 heterocycles. The Labute approximate surface area is 164 Å². The molecular weight excluding hydrogens is 352 g/mol. The zero-order chi connectivity index (χ0) is 19.7. The molecule has 0 fully saturated rings. The van der Waals surface area contributed by atoms with E-state index in [1.165, 1.54) is 11.1 Å². The molecule has 0 aliphatic carbocycles. The smallest absolute Gasteiger partial charge is 0.276 e. The molecule has 3 aromatic rings. The number of methoxy groups -OCH3 is 1. The van der Waals surface area contributed by atoms with Gasteiger partial charge in [0.25, 0.3) is 5.91 Å². The summed E-state index contributed by atoms with van der Waals surface area (Å²) in [5.41, 5.74) is 4.92. The number of carbonyl (C=O) groups is 1. The lowest BCUT2D eigenvalue weighted by atomic mass is 9.95. The van der Waals surface area contributed by atoms with Gasteiger partial charge in [0.15, 0.2) is 5.69 Å². The van der Waals surface area contributed by atoms with Gasteiger partial charge in [-0.05, 0) is 60.2 Å². The van der Waals surface area contributed by atoms with Crippen molar-refractivity contribution in [3.8, 4) is 11.4 Å². The molecule has 2 aromatic carbocycles. The molecule has 1 aliphatic rings. The topological polar surface area (TPSA) is 60.2 Å². The van der Waals surface area contributed by atoms with Gasteiger partial charge in [-0.3, -0.25) is 4.79 Å². The van der Waals surface area contributed by atoms with Crippen molar-refractivity contribution in [1.29, 1.82) is 0 Å². The fraction of sp³-hybridized carbons (Fsp3) is 0.318. The molecule has 0 N–H and O–H groups in total. The first-order valence-corrected chi connectivity index (χ1v) is 9.50. The summed E-state index contributed by atoms with van der Waals surface area (Å²) in [6.07, 6.45) is 2.53. The van der Waals surface area contributed by atoms with E-state index in [-0.39, 0.29) is 11.8 Å². The van der Waals surface area contributed by atoms with Crippen molar-refractivity contribution in [1.82, 2.24) is 19.9 Å². The van der Waals surface area contributed by atoms with Crippen LogP contribution in [0.3, 0.4) is 0 Å². The Morgan fingerprint density at radius 3 is 2.86 bits per heavy atom. The van der Waals surface area contributed by atoms with Crippen molar-refractivity contribution >= 4 is 5.91 Å². The van der Waals surface area contributed by atoms with E-state index in [4.69, 9.17) is 4.74 Å². The maximum Gasteiger partial charge on any atom is 0.276 e. The van der Waals surface area contributed by atoms with E-state index in [2.05, 4.69) is 29.4 Å². The first kappa shape index (κ1) is 18.2. The van der Waals surface area contributed by atoms with Crippen molar-refractivity contribution in [3.05, 3.63) is 71.0 Å². The van der Waals surface area contributed by atoms with Crippen molar-refractivity contribution < 1.29 is 9.53 Å². The Hall–Kier alpha value is -3.15. The lowest BCUT2D eigenvalue weighted by Gasteiger charge is -2.22. The number of hydrogen-bond acceptors (Lipinski definition) is 4. The quantitative estimate of drug-likeness (QED) is 0.703. The minimum atomic E-state index is -0.0782. The number of hydrogen-bond donors (Lipinski definition) is 0. The molecule has 6 heteroatoms. The number of benzene rings is 2. The van der Waals surface area contributed by atoms with E-state index in [1.807, 2.05) is 42.2 Å². The number of amides is 1. The summed E-state index contributed by atoms with van der Waals surface area (Å²) >= 11 is 0. The monoisotopic (exact) mass is 376 g/mol. The summed E-state index contributed by atoms with van der Waals surface area (Å²) < 4.78 is 7.02. The average Bonchev–Trinajstić information content (AvgIpc) is 3.14. The highest BCUT2D eigenvalue weighted by Crippen LogP contribution is 2.29. The molecule has 1 atom stereocenters. The molecule has 28 heavy (non-hydrogen) atoms. The van der Waals surface area contributed by atoms with Crippen molar-refractivity contribution in [2.75, 3.05) is 20.2 Å². The van der Waals surface area contributed by atoms with Crippen molar-refractivity contribution in [2.45, 2.75) is 26.2 Å². The molecule has 1 amide bonds. The van der Waals surface area contributed by atoms with Gasteiger partial charge in [-0.1, -0.05) is 30.3 Å². The highest BCUT2D eigenvalue weighted by molar-refractivity contribution is 5.92. The summed E-state index contributed by atoms with van der Waals surface area (Å²) in [6.45, 7) is 5.49. The third kappa shape index (κ3) is 3.50. The van der Waals surface area contributed by atoms with E-state index in [9.17, 15) is 4.79 Å². The second-order valence-electron chi connectivity index (χ2n) is 7.35. The van der Waals surface area contributed by atoms with Gasteiger partial charge in [0, 0.05) is 13.1 Å². The van der Waals surface area contributed by atoms with E-state index in [1.54, 1.807) is 18.0 Å². The Balaban J connectivity index is 1.55. The number of ether oxygens (including phenoxy) is 1. The number of fused-ring (bicyclic) bond motifs is 1. The van der Waals surface area contributed by atoms with Crippen molar-refractivity contribution in [2.24, 2.45) is 0 Å². The van der Waals surface area contributed by atoms with E-state index >= 15 is 0 Å². The highest BCUT2D eigenvalue weighted by Gasteiger charge is 2.26. The molecule has 1 unspecified atom stereocenters. The van der Waals surface area contributed by atoms with Crippen LogP contribution in [0.15, 0.2) is 48.7 Å². The van der Waals surface area contributed by atoms with E-state index in [0.29, 0.717) is 18.8 Å². The molecule has 1 aliphatic heterocycles. The van der Waals surface area contributed by atoms with Crippen LogP contribution in [-0.2, 0) is 6.42 Å². The maximum atomic E-state index is 13.1. The summed E-state index contributed by atoms with van der Waals surface area (Å²) in [7, 11) is 1.68. The van der Waals surface area contributed by atoms with Crippen LogP contribution in [0.25, 0.3) is 5.69 Å². The number of rotatable bonds is 3. The molecular formula is C22H24N4O2. The lowest BCUT2D eigenvalue weighted by molar-refractivity contribution is 0.0748. The summed E-state index contributed by atoms with van der Waals surface area (Å²) in [5, 5.41) is 8.28. The van der Waals surface area contributed by atoms with Crippen LogP contribution in [0.1, 0.15) is 40.0 Å². The second kappa shape index (κ2) is 7.46. The zero-order valence-electron chi connectivity index (χ0n) is 16.4. The lowest BCUT2D eigenvalue weighted by Crippen LogP contribution is -2.34. The predicted molar refractivity (Wildman–Crippen MR) is 107 cm³/mol. The molecule has 0 saturated heterocycles. The third-order valence-corrected chi connectivity index (χ3v) is 5.30. The van der Waals surface area contributed by atoms with Crippen LogP contribution >= 0.6 is 0 Å². The molecule has 0 spiro atoms. The molecule has 4 rings (SSSR count). The van der Waals surface area contributed by atoms with Gasteiger partial charge in [0.05, 0.1) is 19.0 Å². The number of aryl methyl sites for hydroxylation is 1. The minimum absolute atomic E-state index is 0.0782. The van der Waals surface area contributed by atoms with Gasteiger partial charge in [-0.15, -0.1) is 5.10 Å². The van der Waals surface area contributed by atoms with Gasteiger partial charge >= 0.3 is 0 Å². The molecule has 0 radical (unpaired) electrons. The van der Waals surface area contributed by atoms with Crippen LogP contribution < -0.4 is 4.74 Å². The number of aromatic nitrogens is 3. The SMILES string of the molecule is COc1ccc2c(c1)C(C)CN(C(=O)c1cn(-c3cccc(C)c3)nn1)CC2. The van der Waals surface area contributed by atoms with Crippen LogP contribution in [0, 0.1) is 6.92 Å². The first-order chi connectivity index (χ1) is 13.5. The van der Waals surface area contributed by atoms with Crippen LogP contribution in [0.4, 0.5) is 0 Å². The largest absolute Gasteiger partial charge is 0.497 e. The fourth-order valence-corrected chi connectivity index (χ4v) is 3.77. The third-order valence-electron chi connectivity index (χ3n) is 5.30. The Morgan fingerprint density at radius 2 is 2.07 bits per heavy atom. The van der Waals surface area contributed by atoms with Gasteiger partial charge in [0.2, 0.25) is 0 Å². The average molecular weight is 376 g/mol. The Morgan fingerprint density at radius 1 is 1.21 bits per heavy atom. The summed E-state index contributed by atoms with van der Waals surface area (Å²) in [6, 6.07) is 14.1. The number of carbonyl (C=O) groups excluding carboxylic acids is 1. The van der Waals surface area contributed by atoms with Crippen LogP contribution in [0.5, 0.6) is 5.75 Å². The van der Waals surface area contributed by atoms with Gasteiger partial charge in [0.1, 0.15) is 5.75 Å².